The van der Waals surface area contributed by atoms with Crippen LogP contribution in [0.4, 0.5) is 11.5 Å². The van der Waals surface area contributed by atoms with Crippen LogP contribution in [0, 0.1) is 0 Å². The van der Waals surface area contributed by atoms with Crippen LogP contribution in [0.25, 0.3) is 11.3 Å². The topological polar surface area (TPSA) is 52.5 Å². The molecule has 0 saturated heterocycles. The maximum Gasteiger partial charge on any atom is 0.152 e. The zero-order chi connectivity index (χ0) is 18.5. The van der Waals surface area contributed by atoms with Crippen LogP contribution in [0.5, 0.6) is 5.75 Å². The van der Waals surface area contributed by atoms with E-state index in [-0.39, 0.29) is 5.75 Å². The van der Waals surface area contributed by atoms with Crippen LogP contribution >= 0.6 is 11.6 Å². The number of phenols is 1. The maximum absolute atomic E-state index is 9.48. The lowest BCUT2D eigenvalue weighted by atomic mass is 10.1. The standard InChI is InChI=1S/C20H21ClN4O/c1-24(2)11-12-25(19-6-4-3-5-17(19)21)20-14-22-13-18(23-20)15-7-9-16(26)10-8-15/h3-10,13-14,26H,11-12H2,1-2H3. The van der Waals surface area contributed by atoms with Crippen molar-refractivity contribution in [1.29, 1.82) is 0 Å². The highest BCUT2D eigenvalue weighted by atomic mass is 35.5. The van der Waals surface area contributed by atoms with Crippen LogP contribution in [0.15, 0.2) is 60.9 Å². The van der Waals surface area contributed by atoms with Crippen LogP contribution < -0.4 is 4.90 Å². The number of aromatic nitrogens is 2. The van der Waals surface area contributed by atoms with Crippen molar-refractivity contribution in [2.75, 3.05) is 32.1 Å². The van der Waals surface area contributed by atoms with Gasteiger partial charge in [0.2, 0.25) is 0 Å². The van der Waals surface area contributed by atoms with Crippen LogP contribution in [-0.2, 0) is 0 Å². The lowest BCUT2D eigenvalue weighted by molar-refractivity contribution is 0.418. The molecular formula is C20H21ClN4O. The lowest BCUT2D eigenvalue weighted by Crippen LogP contribution is -2.29. The molecule has 5 nitrogen and oxygen atoms in total. The maximum atomic E-state index is 9.48. The summed E-state index contributed by atoms with van der Waals surface area (Å²) in [5, 5.41) is 10.2. The fourth-order valence-electron chi connectivity index (χ4n) is 2.59. The van der Waals surface area contributed by atoms with Gasteiger partial charge in [-0.2, -0.15) is 0 Å². The normalized spacial score (nSPS) is 10.9. The number of phenolic OH excluding ortho intramolecular Hbond substituents is 1. The number of benzene rings is 2. The van der Waals surface area contributed by atoms with Crippen LogP contribution in [0.2, 0.25) is 5.02 Å². The summed E-state index contributed by atoms with van der Waals surface area (Å²) in [5.74, 6) is 0.951. The van der Waals surface area contributed by atoms with Crippen molar-refractivity contribution >= 4 is 23.1 Å². The Bertz CT molecular complexity index is 868. The fraction of sp³-hybridized carbons (Fsp3) is 0.200. The Morgan fingerprint density at radius 3 is 2.38 bits per heavy atom. The van der Waals surface area contributed by atoms with E-state index in [0.29, 0.717) is 5.02 Å². The first-order valence-corrected chi connectivity index (χ1v) is 8.70. The molecular weight excluding hydrogens is 348 g/mol. The quantitative estimate of drug-likeness (QED) is 0.706. The van der Waals surface area contributed by atoms with Crippen molar-refractivity contribution in [3.05, 3.63) is 65.9 Å². The van der Waals surface area contributed by atoms with E-state index < -0.39 is 0 Å². The first-order valence-electron chi connectivity index (χ1n) is 8.33. The minimum Gasteiger partial charge on any atom is -0.508 e. The summed E-state index contributed by atoms with van der Waals surface area (Å²) >= 11 is 6.43. The molecule has 0 radical (unpaired) electrons. The molecule has 0 atom stereocenters. The highest BCUT2D eigenvalue weighted by molar-refractivity contribution is 6.33. The largest absolute Gasteiger partial charge is 0.508 e. The minimum absolute atomic E-state index is 0.224. The van der Waals surface area contributed by atoms with Gasteiger partial charge in [-0.05, 0) is 50.5 Å². The molecule has 1 aromatic heterocycles. The van der Waals surface area contributed by atoms with Gasteiger partial charge in [-0.1, -0.05) is 23.7 Å². The molecule has 0 aliphatic carbocycles. The molecule has 0 fully saturated rings. The molecule has 0 aliphatic rings. The number of anilines is 2. The zero-order valence-electron chi connectivity index (χ0n) is 14.8. The van der Waals surface area contributed by atoms with Crippen molar-refractivity contribution < 1.29 is 5.11 Å². The van der Waals surface area contributed by atoms with Crippen molar-refractivity contribution in [2.24, 2.45) is 0 Å². The number of nitrogens with zero attached hydrogens (tertiary/aromatic N) is 4. The molecule has 2 aromatic carbocycles. The first kappa shape index (κ1) is 18.2. The SMILES string of the molecule is CN(C)CCN(c1cncc(-c2ccc(O)cc2)n1)c1ccccc1Cl. The van der Waals surface area contributed by atoms with Crippen molar-refractivity contribution in [3.8, 4) is 17.0 Å². The summed E-state index contributed by atoms with van der Waals surface area (Å²) in [6, 6.07) is 14.6. The van der Waals surface area contributed by atoms with Crippen molar-refractivity contribution in [2.45, 2.75) is 0 Å². The van der Waals surface area contributed by atoms with E-state index in [4.69, 9.17) is 16.6 Å². The predicted molar refractivity (Wildman–Crippen MR) is 106 cm³/mol. The Morgan fingerprint density at radius 1 is 0.962 bits per heavy atom. The van der Waals surface area contributed by atoms with E-state index in [1.807, 2.05) is 50.5 Å². The van der Waals surface area contributed by atoms with Gasteiger partial charge in [-0.3, -0.25) is 4.98 Å². The number of halogens is 1. The Morgan fingerprint density at radius 2 is 1.69 bits per heavy atom. The summed E-state index contributed by atoms with van der Waals surface area (Å²) in [5.41, 5.74) is 2.53. The number of rotatable bonds is 6. The van der Waals surface area contributed by atoms with Crippen LogP contribution in [-0.4, -0.2) is 47.2 Å². The number of likely N-dealkylation sites (N-methyl/N-ethyl adjacent to an activating group) is 1. The average Bonchev–Trinajstić information content (AvgIpc) is 2.64. The van der Waals surface area contributed by atoms with Gasteiger partial charge in [0.05, 0.1) is 28.8 Å². The fourth-order valence-corrected chi connectivity index (χ4v) is 2.82. The van der Waals surface area contributed by atoms with E-state index >= 15 is 0 Å². The monoisotopic (exact) mass is 368 g/mol. The molecule has 0 aliphatic heterocycles. The Hall–Kier alpha value is -2.63. The molecule has 0 spiro atoms. The van der Waals surface area contributed by atoms with Gasteiger partial charge in [0.1, 0.15) is 5.75 Å². The summed E-state index contributed by atoms with van der Waals surface area (Å²) < 4.78 is 0. The van der Waals surface area contributed by atoms with E-state index in [1.54, 1.807) is 24.5 Å². The third-order valence-electron chi connectivity index (χ3n) is 3.98. The van der Waals surface area contributed by atoms with Gasteiger partial charge in [0.25, 0.3) is 0 Å². The van der Waals surface area contributed by atoms with E-state index in [2.05, 4.69) is 14.8 Å². The van der Waals surface area contributed by atoms with E-state index in [9.17, 15) is 5.11 Å². The lowest BCUT2D eigenvalue weighted by Gasteiger charge is -2.26. The molecule has 0 unspecified atom stereocenters. The molecule has 0 bridgehead atoms. The van der Waals surface area contributed by atoms with E-state index in [1.165, 1.54) is 0 Å². The highest BCUT2D eigenvalue weighted by Crippen LogP contribution is 2.31. The summed E-state index contributed by atoms with van der Waals surface area (Å²) in [7, 11) is 4.06. The molecule has 3 aromatic rings. The minimum atomic E-state index is 0.224. The van der Waals surface area contributed by atoms with Gasteiger partial charge in [-0.25, -0.2) is 4.98 Å². The van der Waals surface area contributed by atoms with Crippen LogP contribution in [0.3, 0.4) is 0 Å². The second-order valence-electron chi connectivity index (χ2n) is 6.22. The second-order valence-corrected chi connectivity index (χ2v) is 6.62. The first-order chi connectivity index (χ1) is 12.5. The van der Waals surface area contributed by atoms with Gasteiger partial charge < -0.3 is 14.9 Å². The molecule has 1 heterocycles. The third kappa shape index (κ3) is 4.31. The third-order valence-corrected chi connectivity index (χ3v) is 4.30. The number of para-hydroxylation sites is 1. The highest BCUT2D eigenvalue weighted by Gasteiger charge is 2.15. The molecule has 6 heteroatoms. The summed E-state index contributed by atoms with van der Waals surface area (Å²) in [6.07, 6.45) is 3.45. The summed E-state index contributed by atoms with van der Waals surface area (Å²) in [4.78, 5) is 13.3. The Labute approximate surface area is 158 Å². The second kappa shape index (κ2) is 8.17. The molecule has 3 rings (SSSR count). The van der Waals surface area contributed by atoms with Gasteiger partial charge >= 0.3 is 0 Å². The molecule has 134 valence electrons. The number of hydrogen-bond donors (Lipinski definition) is 1. The van der Waals surface area contributed by atoms with Gasteiger partial charge in [-0.15, -0.1) is 0 Å². The Balaban J connectivity index is 1.99. The molecule has 26 heavy (non-hydrogen) atoms. The van der Waals surface area contributed by atoms with Crippen molar-refractivity contribution in [3.63, 3.8) is 0 Å². The van der Waals surface area contributed by atoms with Gasteiger partial charge in [0, 0.05) is 18.7 Å². The van der Waals surface area contributed by atoms with Crippen molar-refractivity contribution in [1.82, 2.24) is 14.9 Å². The van der Waals surface area contributed by atoms with Gasteiger partial charge in [0.15, 0.2) is 5.82 Å². The average molecular weight is 369 g/mol. The molecule has 0 amide bonds. The summed E-state index contributed by atoms with van der Waals surface area (Å²) in [6.45, 7) is 1.57. The van der Waals surface area contributed by atoms with Crippen LogP contribution in [0.1, 0.15) is 0 Å². The zero-order valence-corrected chi connectivity index (χ0v) is 15.6. The molecule has 1 N–H and O–H groups in total. The molecule has 0 saturated carbocycles. The number of hydrogen-bond acceptors (Lipinski definition) is 5. The predicted octanol–water partition coefficient (Wildman–Crippen LogP) is 4.20. The number of aromatic hydroxyl groups is 1. The Kier molecular flexibility index (Phi) is 5.71. The van der Waals surface area contributed by atoms with E-state index in [0.717, 1.165) is 35.9 Å². The smallest absolute Gasteiger partial charge is 0.152 e.